The van der Waals surface area contributed by atoms with Gasteiger partial charge in [0, 0.05) is 49.2 Å². The van der Waals surface area contributed by atoms with Crippen LogP contribution >= 0.6 is 0 Å². The van der Waals surface area contributed by atoms with Crippen LogP contribution in [0.2, 0.25) is 0 Å². The summed E-state index contributed by atoms with van der Waals surface area (Å²) in [6.07, 6.45) is 2.12. The second-order valence-corrected chi connectivity index (χ2v) is 7.30. The van der Waals surface area contributed by atoms with Crippen LogP contribution in [-0.2, 0) is 9.53 Å². The molecule has 1 saturated heterocycles. The zero-order valence-electron chi connectivity index (χ0n) is 17.6. The Bertz CT molecular complexity index is 891. The highest BCUT2D eigenvalue weighted by Gasteiger charge is 2.19. The average Bonchev–Trinajstić information content (AvgIpc) is 3.33. The Morgan fingerprint density at radius 3 is 2.16 bits per heavy atom. The Kier molecular flexibility index (Phi) is 8.00. The molecule has 1 aliphatic heterocycles. The van der Waals surface area contributed by atoms with E-state index in [1.54, 1.807) is 55.6 Å². The number of carbonyl (C=O) groups is 3. The molecular weight excluding hydrogens is 396 g/mol. The van der Waals surface area contributed by atoms with Crippen molar-refractivity contribution in [1.29, 1.82) is 0 Å². The number of carbonyl (C=O) groups excluding carboxylic acids is 3. The summed E-state index contributed by atoms with van der Waals surface area (Å²) < 4.78 is 4.90. The van der Waals surface area contributed by atoms with E-state index in [-0.39, 0.29) is 24.3 Å². The summed E-state index contributed by atoms with van der Waals surface area (Å²) in [5.41, 5.74) is 2.53. The first-order chi connectivity index (χ1) is 15.1. The smallest absolute Gasteiger partial charge is 0.253 e. The summed E-state index contributed by atoms with van der Waals surface area (Å²) in [7, 11) is 1.57. The fourth-order valence-electron chi connectivity index (χ4n) is 3.29. The molecule has 1 heterocycles. The Balaban J connectivity index is 1.44. The third kappa shape index (κ3) is 6.55. The molecule has 0 spiro atoms. The van der Waals surface area contributed by atoms with Crippen molar-refractivity contribution < 1.29 is 19.1 Å². The zero-order valence-corrected chi connectivity index (χ0v) is 17.6. The molecule has 2 aromatic carbocycles. The number of amides is 3. The van der Waals surface area contributed by atoms with E-state index in [0.717, 1.165) is 31.6 Å². The van der Waals surface area contributed by atoms with Gasteiger partial charge in [0.1, 0.15) is 0 Å². The van der Waals surface area contributed by atoms with Crippen molar-refractivity contribution in [2.75, 3.05) is 50.5 Å². The molecular formula is C23H28N4O4. The number of nitrogens with one attached hydrogen (secondary N) is 3. The maximum absolute atomic E-state index is 12.4. The zero-order chi connectivity index (χ0) is 22.1. The maximum Gasteiger partial charge on any atom is 0.253 e. The van der Waals surface area contributed by atoms with Gasteiger partial charge in [0.05, 0.1) is 13.2 Å². The van der Waals surface area contributed by atoms with Crippen LogP contribution in [0.25, 0.3) is 0 Å². The van der Waals surface area contributed by atoms with E-state index in [2.05, 4.69) is 16.0 Å². The third-order valence-corrected chi connectivity index (χ3v) is 5.00. The molecule has 0 unspecified atom stereocenters. The third-order valence-electron chi connectivity index (χ3n) is 5.00. The van der Waals surface area contributed by atoms with Crippen molar-refractivity contribution in [2.45, 2.75) is 12.8 Å². The van der Waals surface area contributed by atoms with Crippen LogP contribution in [0.3, 0.4) is 0 Å². The van der Waals surface area contributed by atoms with Crippen molar-refractivity contribution in [3.8, 4) is 0 Å². The van der Waals surface area contributed by atoms with E-state index in [1.807, 2.05) is 4.90 Å². The van der Waals surface area contributed by atoms with E-state index < -0.39 is 0 Å². The van der Waals surface area contributed by atoms with Gasteiger partial charge in [-0.1, -0.05) is 0 Å². The summed E-state index contributed by atoms with van der Waals surface area (Å²) in [4.78, 5) is 38.4. The maximum atomic E-state index is 12.4. The number of hydrogen-bond donors (Lipinski definition) is 3. The molecule has 1 aliphatic rings. The van der Waals surface area contributed by atoms with Gasteiger partial charge in [-0.15, -0.1) is 0 Å². The number of anilines is 2. The molecule has 3 amide bonds. The molecule has 0 saturated carbocycles. The first-order valence-electron chi connectivity index (χ1n) is 10.4. The Morgan fingerprint density at radius 1 is 0.903 bits per heavy atom. The van der Waals surface area contributed by atoms with Crippen molar-refractivity contribution in [1.82, 2.24) is 10.2 Å². The number of nitrogens with zero attached hydrogens (tertiary/aromatic N) is 1. The summed E-state index contributed by atoms with van der Waals surface area (Å²) in [5, 5.41) is 8.57. The van der Waals surface area contributed by atoms with Crippen molar-refractivity contribution in [3.05, 3.63) is 59.7 Å². The van der Waals surface area contributed by atoms with E-state index in [9.17, 15) is 14.4 Å². The second-order valence-electron chi connectivity index (χ2n) is 7.30. The molecule has 8 nitrogen and oxygen atoms in total. The molecule has 0 bridgehead atoms. The lowest BCUT2D eigenvalue weighted by atomic mass is 10.2. The molecule has 8 heteroatoms. The number of rotatable bonds is 9. The number of ether oxygens (including phenoxy) is 1. The summed E-state index contributed by atoms with van der Waals surface area (Å²) in [6, 6.07) is 13.8. The summed E-state index contributed by atoms with van der Waals surface area (Å²) in [6.45, 7) is 2.60. The molecule has 0 aromatic heterocycles. The minimum absolute atomic E-state index is 0.0534. The van der Waals surface area contributed by atoms with Gasteiger partial charge in [0.25, 0.3) is 11.8 Å². The molecule has 1 fully saturated rings. The van der Waals surface area contributed by atoms with Crippen LogP contribution < -0.4 is 16.0 Å². The highest BCUT2D eigenvalue weighted by Crippen LogP contribution is 2.15. The van der Waals surface area contributed by atoms with Crippen LogP contribution in [0.4, 0.5) is 11.4 Å². The SMILES string of the molecule is COCCNC(=O)c1ccc(NC(=O)CNc2ccc(C(=O)N3CCCC3)cc2)cc1. The minimum atomic E-state index is -0.213. The summed E-state index contributed by atoms with van der Waals surface area (Å²) >= 11 is 0. The molecule has 31 heavy (non-hydrogen) atoms. The molecule has 0 radical (unpaired) electrons. The van der Waals surface area contributed by atoms with E-state index >= 15 is 0 Å². The Hall–Kier alpha value is -3.39. The second kappa shape index (κ2) is 11.1. The van der Waals surface area contributed by atoms with Gasteiger partial charge < -0.3 is 25.6 Å². The lowest BCUT2D eigenvalue weighted by Gasteiger charge is -2.15. The molecule has 2 aromatic rings. The van der Waals surface area contributed by atoms with Crippen molar-refractivity contribution in [2.24, 2.45) is 0 Å². The van der Waals surface area contributed by atoms with Gasteiger partial charge in [-0.05, 0) is 61.4 Å². The van der Waals surface area contributed by atoms with Gasteiger partial charge in [0.15, 0.2) is 0 Å². The number of hydrogen-bond acceptors (Lipinski definition) is 5. The predicted molar refractivity (Wildman–Crippen MR) is 119 cm³/mol. The highest BCUT2D eigenvalue weighted by atomic mass is 16.5. The molecule has 0 aliphatic carbocycles. The molecule has 0 atom stereocenters. The van der Waals surface area contributed by atoms with E-state index in [4.69, 9.17) is 4.74 Å². The van der Waals surface area contributed by atoms with E-state index in [0.29, 0.717) is 30.0 Å². The van der Waals surface area contributed by atoms with E-state index in [1.165, 1.54) is 0 Å². The van der Waals surface area contributed by atoms with Crippen LogP contribution in [-0.4, -0.2) is 62.5 Å². The monoisotopic (exact) mass is 424 g/mol. The predicted octanol–water partition coefficient (Wildman–Crippen LogP) is 2.35. The van der Waals surface area contributed by atoms with Gasteiger partial charge in [-0.25, -0.2) is 0 Å². The number of methoxy groups -OCH3 is 1. The Labute approximate surface area is 182 Å². The van der Waals surface area contributed by atoms with Gasteiger partial charge in [0.2, 0.25) is 5.91 Å². The van der Waals surface area contributed by atoms with Crippen LogP contribution in [0, 0.1) is 0 Å². The fraction of sp³-hybridized carbons (Fsp3) is 0.348. The van der Waals surface area contributed by atoms with Crippen molar-refractivity contribution in [3.63, 3.8) is 0 Å². The average molecular weight is 425 g/mol. The van der Waals surface area contributed by atoms with Crippen molar-refractivity contribution >= 4 is 29.1 Å². The van der Waals surface area contributed by atoms with Gasteiger partial charge >= 0.3 is 0 Å². The normalized spacial score (nSPS) is 13.0. The quantitative estimate of drug-likeness (QED) is 0.537. The Morgan fingerprint density at radius 2 is 1.52 bits per heavy atom. The standard InChI is InChI=1S/C23H28N4O4/c1-31-15-12-24-22(29)17-4-10-20(11-5-17)26-21(28)16-25-19-8-6-18(7-9-19)23(30)27-13-2-3-14-27/h4-11,25H,2-3,12-16H2,1H3,(H,24,29)(H,26,28). The summed E-state index contributed by atoms with van der Waals surface area (Å²) in [5.74, 6) is -0.351. The molecule has 3 N–H and O–H groups in total. The minimum Gasteiger partial charge on any atom is -0.383 e. The van der Waals surface area contributed by atoms with Crippen LogP contribution in [0.15, 0.2) is 48.5 Å². The number of likely N-dealkylation sites (tertiary alicyclic amines) is 1. The molecule has 3 rings (SSSR count). The first-order valence-corrected chi connectivity index (χ1v) is 10.4. The largest absolute Gasteiger partial charge is 0.383 e. The van der Waals surface area contributed by atoms with Crippen LogP contribution in [0.5, 0.6) is 0 Å². The molecule has 164 valence electrons. The first kappa shape index (κ1) is 22.3. The van der Waals surface area contributed by atoms with Gasteiger partial charge in [-0.3, -0.25) is 14.4 Å². The fourth-order valence-corrected chi connectivity index (χ4v) is 3.29. The van der Waals surface area contributed by atoms with Gasteiger partial charge in [-0.2, -0.15) is 0 Å². The highest BCUT2D eigenvalue weighted by molar-refractivity contribution is 5.97. The van der Waals surface area contributed by atoms with Crippen LogP contribution in [0.1, 0.15) is 33.6 Å². The lowest BCUT2D eigenvalue weighted by molar-refractivity contribution is -0.114. The number of benzene rings is 2. The topological polar surface area (TPSA) is 99.8 Å². The lowest BCUT2D eigenvalue weighted by Crippen LogP contribution is -2.27.